The van der Waals surface area contributed by atoms with Crippen LogP contribution in [-0.2, 0) is 21.4 Å². The molecule has 1 aromatic rings. The molecule has 0 aliphatic carbocycles. The Morgan fingerprint density at radius 1 is 1.30 bits per heavy atom. The van der Waals surface area contributed by atoms with Gasteiger partial charge < -0.3 is 5.32 Å². The fourth-order valence-electron chi connectivity index (χ4n) is 2.67. The van der Waals surface area contributed by atoms with Crippen LogP contribution < -0.4 is 5.32 Å². The lowest BCUT2D eigenvalue weighted by atomic mass is 9.98. The third-order valence-electron chi connectivity index (χ3n) is 4.17. The molecule has 0 radical (unpaired) electrons. The fourth-order valence-corrected chi connectivity index (χ4v) is 3.86. The van der Waals surface area contributed by atoms with Gasteiger partial charge in [-0.25, -0.2) is 0 Å². The number of aryl methyl sites for hydroxylation is 1. The number of carbonyl (C=O) groups is 1. The van der Waals surface area contributed by atoms with E-state index in [1.807, 2.05) is 24.3 Å². The zero-order chi connectivity index (χ0) is 17.0. The van der Waals surface area contributed by atoms with E-state index in [1.165, 1.54) is 28.3 Å². The van der Waals surface area contributed by atoms with Gasteiger partial charge in [-0.1, -0.05) is 19.1 Å². The molecule has 0 saturated carbocycles. The van der Waals surface area contributed by atoms with Crippen LogP contribution in [0.1, 0.15) is 25.3 Å². The summed E-state index contributed by atoms with van der Waals surface area (Å²) in [6.45, 7) is 2.78. The van der Waals surface area contributed by atoms with Crippen LogP contribution in [0.25, 0.3) is 0 Å². The van der Waals surface area contributed by atoms with Crippen LogP contribution >= 0.6 is 0 Å². The van der Waals surface area contributed by atoms with Gasteiger partial charge in [-0.2, -0.15) is 17.0 Å². The standard InChI is InChI=1S/C16H25N3O3S/c1-4-13-7-9-15(10-8-13)17-16(20)14-6-5-11-19(12-14)23(21,22)18(2)3/h7-10,14H,4-6,11-12H2,1-3H3,(H,17,20)/t14-/m1/s1. The first kappa shape index (κ1) is 17.9. The van der Waals surface area contributed by atoms with Gasteiger partial charge in [0.05, 0.1) is 5.92 Å². The van der Waals surface area contributed by atoms with Crippen LogP contribution in [0.15, 0.2) is 24.3 Å². The highest BCUT2D eigenvalue weighted by molar-refractivity contribution is 7.86. The summed E-state index contributed by atoms with van der Waals surface area (Å²) in [6.07, 6.45) is 2.35. The summed E-state index contributed by atoms with van der Waals surface area (Å²) in [5.41, 5.74) is 1.96. The number of hydrogen-bond donors (Lipinski definition) is 1. The lowest BCUT2D eigenvalue weighted by Crippen LogP contribution is -2.47. The lowest BCUT2D eigenvalue weighted by molar-refractivity contribution is -0.120. The molecule has 0 spiro atoms. The van der Waals surface area contributed by atoms with Crippen LogP contribution in [0.4, 0.5) is 5.69 Å². The molecular weight excluding hydrogens is 314 g/mol. The van der Waals surface area contributed by atoms with E-state index in [9.17, 15) is 13.2 Å². The van der Waals surface area contributed by atoms with Crippen LogP contribution in [0.2, 0.25) is 0 Å². The molecule has 1 fully saturated rings. The van der Waals surface area contributed by atoms with Crippen molar-refractivity contribution in [1.82, 2.24) is 8.61 Å². The molecular formula is C16H25N3O3S. The third-order valence-corrected chi connectivity index (χ3v) is 6.08. The highest BCUT2D eigenvalue weighted by Crippen LogP contribution is 2.22. The molecule has 1 N–H and O–H groups in total. The number of nitrogens with one attached hydrogen (secondary N) is 1. The molecule has 2 rings (SSSR count). The minimum Gasteiger partial charge on any atom is -0.326 e. The second-order valence-electron chi connectivity index (χ2n) is 6.03. The van der Waals surface area contributed by atoms with Crippen LogP contribution in [-0.4, -0.2) is 50.1 Å². The Morgan fingerprint density at radius 3 is 2.52 bits per heavy atom. The molecule has 1 saturated heterocycles. The zero-order valence-corrected chi connectivity index (χ0v) is 14.8. The largest absolute Gasteiger partial charge is 0.326 e. The Morgan fingerprint density at radius 2 is 1.96 bits per heavy atom. The quantitative estimate of drug-likeness (QED) is 0.888. The number of amides is 1. The van der Waals surface area contributed by atoms with Crippen molar-refractivity contribution in [2.75, 3.05) is 32.5 Å². The van der Waals surface area contributed by atoms with Crippen molar-refractivity contribution in [3.8, 4) is 0 Å². The molecule has 6 nitrogen and oxygen atoms in total. The molecule has 0 unspecified atom stereocenters. The minimum atomic E-state index is -3.46. The predicted octanol–water partition coefficient (Wildman–Crippen LogP) is 1.71. The third kappa shape index (κ3) is 4.31. The molecule has 1 aromatic carbocycles. The maximum absolute atomic E-state index is 12.4. The van der Waals surface area contributed by atoms with E-state index >= 15 is 0 Å². The van der Waals surface area contributed by atoms with Gasteiger partial charge in [0.15, 0.2) is 0 Å². The number of hydrogen-bond acceptors (Lipinski definition) is 3. The maximum Gasteiger partial charge on any atom is 0.281 e. The molecule has 7 heteroatoms. The SMILES string of the molecule is CCc1ccc(NC(=O)[C@@H]2CCCN(S(=O)(=O)N(C)C)C2)cc1. The van der Waals surface area contributed by atoms with Crippen LogP contribution in [0.5, 0.6) is 0 Å². The Labute approximate surface area is 138 Å². The topological polar surface area (TPSA) is 69.7 Å². The van der Waals surface area contributed by atoms with Gasteiger partial charge in [0.1, 0.15) is 0 Å². The first-order chi connectivity index (χ1) is 10.8. The molecule has 1 aliphatic heterocycles. The Hall–Kier alpha value is -1.44. The summed E-state index contributed by atoms with van der Waals surface area (Å²) >= 11 is 0. The van der Waals surface area contributed by atoms with E-state index < -0.39 is 10.2 Å². The summed E-state index contributed by atoms with van der Waals surface area (Å²) in [4.78, 5) is 12.4. The van der Waals surface area contributed by atoms with E-state index in [4.69, 9.17) is 0 Å². The van der Waals surface area contributed by atoms with Gasteiger partial charge in [0.2, 0.25) is 5.91 Å². The maximum atomic E-state index is 12.4. The van der Waals surface area contributed by atoms with Crippen LogP contribution in [0, 0.1) is 5.92 Å². The highest BCUT2D eigenvalue weighted by Gasteiger charge is 2.33. The van der Waals surface area contributed by atoms with Crippen molar-refractivity contribution in [3.63, 3.8) is 0 Å². The van der Waals surface area contributed by atoms with Gasteiger partial charge >= 0.3 is 0 Å². The number of nitrogens with zero attached hydrogens (tertiary/aromatic N) is 2. The van der Waals surface area contributed by atoms with E-state index in [0.29, 0.717) is 19.4 Å². The second-order valence-corrected chi connectivity index (χ2v) is 8.17. The average molecular weight is 339 g/mol. The van der Waals surface area contributed by atoms with Crippen LogP contribution in [0.3, 0.4) is 0 Å². The molecule has 1 atom stereocenters. The first-order valence-electron chi connectivity index (χ1n) is 7.92. The number of benzene rings is 1. The smallest absolute Gasteiger partial charge is 0.281 e. The molecule has 1 heterocycles. The van der Waals surface area contributed by atoms with Crippen molar-refractivity contribution in [2.24, 2.45) is 5.92 Å². The van der Waals surface area contributed by atoms with Crippen molar-refractivity contribution in [3.05, 3.63) is 29.8 Å². The lowest BCUT2D eigenvalue weighted by Gasteiger charge is -2.32. The fraction of sp³-hybridized carbons (Fsp3) is 0.562. The minimum absolute atomic E-state index is 0.118. The highest BCUT2D eigenvalue weighted by atomic mass is 32.2. The van der Waals surface area contributed by atoms with Gasteiger partial charge in [0.25, 0.3) is 10.2 Å². The molecule has 1 aliphatic rings. The van der Waals surface area contributed by atoms with E-state index in [1.54, 1.807) is 0 Å². The summed E-state index contributed by atoms with van der Waals surface area (Å²) in [5.74, 6) is -0.433. The molecule has 0 bridgehead atoms. The summed E-state index contributed by atoms with van der Waals surface area (Å²) < 4.78 is 27.0. The van der Waals surface area contributed by atoms with E-state index in [2.05, 4.69) is 12.2 Å². The van der Waals surface area contributed by atoms with Gasteiger partial charge in [-0.3, -0.25) is 4.79 Å². The van der Waals surface area contributed by atoms with E-state index in [-0.39, 0.29) is 18.4 Å². The summed E-state index contributed by atoms with van der Waals surface area (Å²) in [6, 6.07) is 7.74. The Bertz CT molecular complexity index is 641. The zero-order valence-electron chi connectivity index (χ0n) is 13.9. The monoisotopic (exact) mass is 339 g/mol. The number of anilines is 1. The van der Waals surface area contributed by atoms with E-state index in [0.717, 1.165) is 12.1 Å². The normalized spacial score (nSPS) is 19.7. The molecule has 0 aromatic heterocycles. The summed E-state index contributed by atoms with van der Waals surface area (Å²) in [7, 11) is -0.445. The van der Waals surface area contributed by atoms with Gasteiger partial charge in [-0.05, 0) is 37.0 Å². The Kier molecular flexibility index (Phi) is 5.78. The Balaban J connectivity index is 2.01. The van der Waals surface area contributed by atoms with Gasteiger partial charge in [0, 0.05) is 32.9 Å². The molecule has 23 heavy (non-hydrogen) atoms. The van der Waals surface area contributed by atoms with Crippen molar-refractivity contribution in [1.29, 1.82) is 0 Å². The van der Waals surface area contributed by atoms with Crippen molar-refractivity contribution in [2.45, 2.75) is 26.2 Å². The first-order valence-corrected chi connectivity index (χ1v) is 9.31. The number of carbonyl (C=O) groups excluding carboxylic acids is 1. The summed E-state index contributed by atoms with van der Waals surface area (Å²) in [5, 5.41) is 2.89. The molecule has 1 amide bonds. The second kappa shape index (κ2) is 7.42. The number of piperidine rings is 1. The predicted molar refractivity (Wildman–Crippen MR) is 91.4 cm³/mol. The van der Waals surface area contributed by atoms with Gasteiger partial charge in [-0.15, -0.1) is 0 Å². The van der Waals surface area contributed by atoms with Crippen molar-refractivity contribution < 1.29 is 13.2 Å². The van der Waals surface area contributed by atoms with Crippen molar-refractivity contribution >= 4 is 21.8 Å². The number of rotatable bonds is 5. The molecule has 128 valence electrons. The average Bonchev–Trinajstić information content (AvgIpc) is 2.55.